The van der Waals surface area contributed by atoms with Gasteiger partial charge in [-0.2, -0.15) is 0 Å². The fourth-order valence-electron chi connectivity index (χ4n) is 1.35. The SMILES string of the molecule is O=C1[C@H](Br)[C@H](O)[C@@H](O)[C@H](O)[C@H]1CO. The molecule has 0 heterocycles. The van der Waals surface area contributed by atoms with Gasteiger partial charge in [-0.25, -0.2) is 0 Å². The van der Waals surface area contributed by atoms with Gasteiger partial charge in [-0.1, -0.05) is 15.9 Å². The lowest BCUT2D eigenvalue weighted by Gasteiger charge is -2.36. The number of Topliss-reactive ketones (excluding diaryl/α,β-unsaturated/α-hetero) is 1. The molecule has 1 saturated carbocycles. The smallest absolute Gasteiger partial charge is 0.157 e. The van der Waals surface area contributed by atoms with Crippen molar-refractivity contribution in [2.45, 2.75) is 23.1 Å². The molecule has 76 valence electrons. The van der Waals surface area contributed by atoms with E-state index in [4.69, 9.17) is 5.11 Å². The van der Waals surface area contributed by atoms with Crippen LogP contribution in [0.3, 0.4) is 0 Å². The van der Waals surface area contributed by atoms with Crippen LogP contribution >= 0.6 is 15.9 Å². The zero-order valence-corrected chi connectivity index (χ0v) is 8.25. The predicted octanol–water partition coefficient (Wildman–Crippen LogP) is -1.98. The molecule has 0 amide bonds. The van der Waals surface area contributed by atoms with Crippen molar-refractivity contribution < 1.29 is 25.2 Å². The Kier molecular flexibility index (Phi) is 3.42. The number of carbonyl (C=O) groups excluding carboxylic acids is 1. The number of carbonyl (C=O) groups is 1. The maximum atomic E-state index is 11.3. The second-order valence-corrected chi connectivity index (χ2v) is 4.05. The van der Waals surface area contributed by atoms with E-state index >= 15 is 0 Å². The summed E-state index contributed by atoms with van der Waals surface area (Å²) in [7, 11) is 0. The van der Waals surface area contributed by atoms with Gasteiger partial charge in [0.25, 0.3) is 0 Å². The lowest BCUT2D eigenvalue weighted by Crippen LogP contribution is -2.57. The number of ketones is 1. The van der Waals surface area contributed by atoms with Gasteiger partial charge in [-0.15, -0.1) is 0 Å². The highest BCUT2D eigenvalue weighted by Gasteiger charge is 2.47. The maximum absolute atomic E-state index is 11.3. The van der Waals surface area contributed by atoms with Gasteiger partial charge in [0, 0.05) is 0 Å². The summed E-state index contributed by atoms with van der Waals surface area (Å²) in [6.07, 6.45) is -4.13. The molecule has 0 saturated heterocycles. The lowest BCUT2D eigenvalue weighted by molar-refractivity contribution is -0.151. The first-order valence-corrected chi connectivity index (χ1v) is 4.75. The van der Waals surface area contributed by atoms with Crippen molar-refractivity contribution in [3.63, 3.8) is 0 Å². The van der Waals surface area contributed by atoms with Crippen LogP contribution in [0.2, 0.25) is 0 Å². The van der Waals surface area contributed by atoms with Crippen molar-refractivity contribution in [3.05, 3.63) is 0 Å². The largest absolute Gasteiger partial charge is 0.396 e. The van der Waals surface area contributed by atoms with Gasteiger partial charge in [0.15, 0.2) is 5.78 Å². The molecular weight excluding hydrogens is 244 g/mol. The van der Waals surface area contributed by atoms with E-state index in [1.165, 1.54) is 0 Å². The number of aliphatic hydroxyl groups is 4. The van der Waals surface area contributed by atoms with Gasteiger partial charge >= 0.3 is 0 Å². The molecule has 1 aliphatic rings. The van der Waals surface area contributed by atoms with E-state index in [2.05, 4.69) is 15.9 Å². The number of hydrogen-bond acceptors (Lipinski definition) is 5. The first kappa shape index (κ1) is 11.1. The summed E-state index contributed by atoms with van der Waals surface area (Å²) in [5.74, 6) is -1.52. The zero-order valence-electron chi connectivity index (χ0n) is 6.67. The Balaban J connectivity index is 2.85. The van der Waals surface area contributed by atoms with Crippen molar-refractivity contribution in [2.24, 2.45) is 5.92 Å². The molecule has 4 N–H and O–H groups in total. The molecule has 0 bridgehead atoms. The first-order valence-electron chi connectivity index (χ1n) is 3.83. The summed E-state index contributed by atoms with van der Waals surface area (Å²) >= 11 is 2.89. The second-order valence-electron chi connectivity index (χ2n) is 3.06. The van der Waals surface area contributed by atoms with Crippen molar-refractivity contribution >= 4 is 21.7 Å². The van der Waals surface area contributed by atoms with Gasteiger partial charge in [0.2, 0.25) is 0 Å². The van der Waals surface area contributed by atoms with Crippen molar-refractivity contribution in [3.8, 4) is 0 Å². The molecule has 0 aromatic carbocycles. The maximum Gasteiger partial charge on any atom is 0.157 e. The Morgan fingerprint density at radius 1 is 1.15 bits per heavy atom. The van der Waals surface area contributed by atoms with Crippen LogP contribution in [0.4, 0.5) is 0 Å². The highest BCUT2D eigenvalue weighted by atomic mass is 79.9. The van der Waals surface area contributed by atoms with Gasteiger partial charge in [0.1, 0.15) is 17.0 Å². The number of halogens is 1. The molecular formula is C7H11BrO5. The van der Waals surface area contributed by atoms with Crippen LogP contribution in [0.25, 0.3) is 0 Å². The molecule has 0 aromatic rings. The lowest BCUT2D eigenvalue weighted by atomic mass is 9.82. The molecule has 0 aliphatic heterocycles. The predicted molar refractivity (Wildman–Crippen MR) is 46.3 cm³/mol. The van der Waals surface area contributed by atoms with Crippen LogP contribution in [0.5, 0.6) is 0 Å². The second kappa shape index (κ2) is 4.02. The fourth-order valence-corrected chi connectivity index (χ4v) is 2.00. The highest BCUT2D eigenvalue weighted by Crippen LogP contribution is 2.27. The highest BCUT2D eigenvalue weighted by molar-refractivity contribution is 9.10. The quantitative estimate of drug-likeness (QED) is 0.407. The Hall–Kier alpha value is -0.0100. The molecule has 5 atom stereocenters. The zero-order chi connectivity index (χ0) is 10.2. The number of alkyl halides is 1. The Morgan fingerprint density at radius 3 is 2.15 bits per heavy atom. The van der Waals surface area contributed by atoms with Crippen LogP contribution in [-0.2, 0) is 4.79 Å². The summed E-state index contributed by atoms with van der Waals surface area (Å²) in [4.78, 5) is 10.4. The molecule has 1 aliphatic carbocycles. The average Bonchev–Trinajstić information content (AvgIpc) is 2.13. The van der Waals surface area contributed by atoms with Gasteiger partial charge < -0.3 is 20.4 Å². The normalized spacial score (nSPS) is 46.5. The van der Waals surface area contributed by atoms with Crippen molar-refractivity contribution in [2.75, 3.05) is 6.61 Å². The van der Waals surface area contributed by atoms with Crippen molar-refractivity contribution in [1.29, 1.82) is 0 Å². The van der Waals surface area contributed by atoms with E-state index in [0.717, 1.165) is 0 Å². The minimum atomic E-state index is -1.40. The Labute approximate surface area is 83.1 Å². The van der Waals surface area contributed by atoms with Crippen molar-refractivity contribution in [1.82, 2.24) is 0 Å². The van der Waals surface area contributed by atoms with Crippen LogP contribution in [0.15, 0.2) is 0 Å². The molecule has 1 rings (SSSR count). The molecule has 0 radical (unpaired) electrons. The third-order valence-electron chi connectivity index (χ3n) is 2.25. The molecule has 1 fully saturated rings. The van der Waals surface area contributed by atoms with E-state index in [0.29, 0.717) is 0 Å². The van der Waals surface area contributed by atoms with E-state index < -0.39 is 41.4 Å². The minimum absolute atomic E-state index is 0.493. The number of hydrogen-bond donors (Lipinski definition) is 4. The molecule has 6 heteroatoms. The topological polar surface area (TPSA) is 98.0 Å². The molecule has 5 nitrogen and oxygen atoms in total. The standard InChI is InChI=1S/C7H11BrO5/c8-3-4(10)2(1-9)5(11)7(13)6(3)12/h2-3,5-7,9,11-13H,1H2/t2-,3-,5+,6-,7-/m0/s1. The van der Waals surface area contributed by atoms with Crippen LogP contribution in [-0.4, -0.2) is 56.0 Å². The third kappa shape index (κ3) is 1.77. The Morgan fingerprint density at radius 2 is 1.69 bits per heavy atom. The fraction of sp³-hybridized carbons (Fsp3) is 0.857. The van der Waals surface area contributed by atoms with E-state index in [1.807, 2.05) is 0 Å². The van der Waals surface area contributed by atoms with E-state index in [1.54, 1.807) is 0 Å². The summed E-state index contributed by atoms with van der Waals surface area (Å²) in [6, 6.07) is 0. The van der Waals surface area contributed by atoms with Crippen LogP contribution < -0.4 is 0 Å². The molecule has 0 spiro atoms. The first-order chi connectivity index (χ1) is 6.00. The molecule has 0 unspecified atom stereocenters. The molecule has 13 heavy (non-hydrogen) atoms. The summed E-state index contributed by atoms with van der Waals surface area (Å²) in [5.41, 5.74) is 0. The Bertz CT molecular complexity index is 209. The monoisotopic (exact) mass is 254 g/mol. The van der Waals surface area contributed by atoms with Gasteiger partial charge in [0.05, 0.1) is 18.6 Å². The van der Waals surface area contributed by atoms with Gasteiger partial charge in [-0.05, 0) is 0 Å². The minimum Gasteiger partial charge on any atom is -0.396 e. The van der Waals surface area contributed by atoms with Crippen LogP contribution in [0.1, 0.15) is 0 Å². The summed E-state index contributed by atoms with van der Waals surface area (Å²) < 4.78 is 0. The summed E-state index contributed by atoms with van der Waals surface area (Å²) in [6.45, 7) is -0.536. The number of rotatable bonds is 1. The third-order valence-corrected chi connectivity index (χ3v) is 3.24. The van der Waals surface area contributed by atoms with E-state index in [-0.39, 0.29) is 0 Å². The van der Waals surface area contributed by atoms with Crippen LogP contribution in [0, 0.1) is 5.92 Å². The molecule has 0 aromatic heterocycles. The number of aliphatic hydroxyl groups excluding tert-OH is 4. The average molecular weight is 255 g/mol. The van der Waals surface area contributed by atoms with E-state index in [9.17, 15) is 20.1 Å². The van der Waals surface area contributed by atoms with Gasteiger partial charge in [-0.3, -0.25) is 4.79 Å². The summed E-state index contributed by atoms with van der Waals surface area (Å²) in [5, 5.41) is 36.5.